The van der Waals surface area contributed by atoms with Crippen LogP contribution in [0.2, 0.25) is 0 Å². The standard InChI is InChI=1S/C28H33NO4/c1-4-11-22-16-17-26(27(18-22)31-3)32-20-25(33-21(2)30)19-29-28(23-12-7-5-8-13-23)24-14-9-6-10-15-24/h5-10,12-18,25,28-29H,4,11,19-20H2,1-3H3. The zero-order valence-electron chi connectivity index (χ0n) is 19.6. The molecule has 0 spiro atoms. The van der Waals surface area contributed by atoms with E-state index in [0.29, 0.717) is 18.0 Å². The summed E-state index contributed by atoms with van der Waals surface area (Å²) < 4.78 is 17.1. The van der Waals surface area contributed by atoms with Crippen molar-refractivity contribution < 1.29 is 19.0 Å². The molecule has 3 aromatic carbocycles. The number of esters is 1. The highest BCUT2D eigenvalue weighted by Crippen LogP contribution is 2.29. The molecule has 1 N–H and O–H groups in total. The van der Waals surface area contributed by atoms with Crippen molar-refractivity contribution in [1.29, 1.82) is 0 Å². The Balaban J connectivity index is 1.71. The molecule has 0 aliphatic heterocycles. The summed E-state index contributed by atoms with van der Waals surface area (Å²) in [7, 11) is 1.63. The number of benzene rings is 3. The lowest BCUT2D eigenvalue weighted by molar-refractivity contribution is -0.147. The van der Waals surface area contributed by atoms with Gasteiger partial charge in [-0.15, -0.1) is 0 Å². The minimum Gasteiger partial charge on any atom is -0.493 e. The van der Waals surface area contributed by atoms with Crippen LogP contribution in [0.25, 0.3) is 0 Å². The molecule has 174 valence electrons. The van der Waals surface area contributed by atoms with Gasteiger partial charge in [-0.3, -0.25) is 4.79 Å². The Labute approximate surface area is 196 Å². The van der Waals surface area contributed by atoms with Crippen LogP contribution in [0.3, 0.4) is 0 Å². The van der Waals surface area contributed by atoms with Gasteiger partial charge in [0.05, 0.1) is 13.2 Å². The average Bonchev–Trinajstić information content (AvgIpc) is 2.84. The monoisotopic (exact) mass is 447 g/mol. The Hall–Kier alpha value is -3.31. The normalized spacial score (nSPS) is 11.8. The van der Waals surface area contributed by atoms with E-state index < -0.39 is 6.10 Å². The summed E-state index contributed by atoms with van der Waals surface area (Å²) in [4.78, 5) is 11.8. The number of ether oxygens (including phenoxy) is 3. The molecule has 0 saturated heterocycles. The summed E-state index contributed by atoms with van der Waals surface area (Å²) in [5, 5.41) is 3.56. The van der Waals surface area contributed by atoms with Crippen LogP contribution in [0.4, 0.5) is 0 Å². The number of rotatable bonds is 12. The molecule has 3 rings (SSSR count). The number of methoxy groups -OCH3 is 1. The SMILES string of the molecule is CCCc1ccc(OCC(CNC(c2ccccc2)c2ccccc2)OC(C)=O)c(OC)c1. The summed E-state index contributed by atoms with van der Waals surface area (Å²) in [6.45, 7) is 4.21. The van der Waals surface area contributed by atoms with Crippen molar-refractivity contribution in [2.75, 3.05) is 20.3 Å². The van der Waals surface area contributed by atoms with Gasteiger partial charge in [-0.2, -0.15) is 0 Å². The van der Waals surface area contributed by atoms with E-state index >= 15 is 0 Å². The number of aryl methyl sites for hydroxylation is 1. The maximum atomic E-state index is 11.8. The molecule has 0 amide bonds. The van der Waals surface area contributed by atoms with E-state index in [1.54, 1.807) is 7.11 Å². The number of hydrogen-bond acceptors (Lipinski definition) is 5. The first-order chi connectivity index (χ1) is 16.1. The van der Waals surface area contributed by atoms with Crippen LogP contribution in [0.5, 0.6) is 11.5 Å². The zero-order chi connectivity index (χ0) is 23.5. The summed E-state index contributed by atoms with van der Waals surface area (Å²) >= 11 is 0. The minimum absolute atomic E-state index is 0.0340. The molecule has 0 bridgehead atoms. The fourth-order valence-corrected chi connectivity index (χ4v) is 3.80. The highest BCUT2D eigenvalue weighted by atomic mass is 16.6. The average molecular weight is 448 g/mol. The summed E-state index contributed by atoms with van der Waals surface area (Å²) in [6, 6.07) is 26.4. The highest BCUT2D eigenvalue weighted by molar-refractivity contribution is 5.66. The fourth-order valence-electron chi connectivity index (χ4n) is 3.80. The molecule has 0 aliphatic carbocycles. The van der Waals surface area contributed by atoms with Crippen molar-refractivity contribution in [2.24, 2.45) is 0 Å². The van der Waals surface area contributed by atoms with Crippen LogP contribution in [0, 0.1) is 0 Å². The maximum absolute atomic E-state index is 11.8. The van der Waals surface area contributed by atoms with Gasteiger partial charge in [-0.1, -0.05) is 80.1 Å². The Morgan fingerprint density at radius 2 is 1.55 bits per heavy atom. The number of nitrogens with one attached hydrogen (secondary N) is 1. The van der Waals surface area contributed by atoms with Gasteiger partial charge in [0.1, 0.15) is 12.7 Å². The predicted molar refractivity (Wildman–Crippen MR) is 131 cm³/mol. The van der Waals surface area contributed by atoms with Crippen LogP contribution in [0.15, 0.2) is 78.9 Å². The van der Waals surface area contributed by atoms with Crippen LogP contribution in [-0.2, 0) is 16.0 Å². The second-order valence-corrected chi connectivity index (χ2v) is 7.94. The number of hydrogen-bond donors (Lipinski definition) is 1. The minimum atomic E-state index is -0.461. The molecule has 3 aromatic rings. The van der Waals surface area contributed by atoms with E-state index in [-0.39, 0.29) is 18.6 Å². The first-order valence-electron chi connectivity index (χ1n) is 11.4. The van der Waals surface area contributed by atoms with E-state index in [1.165, 1.54) is 12.5 Å². The van der Waals surface area contributed by atoms with Crippen molar-refractivity contribution in [3.8, 4) is 11.5 Å². The largest absolute Gasteiger partial charge is 0.493 e. The molecule has 0 radical (unpaired) electrons. The number of carbonyl (C=O) groups is 1. The van der Waals surface area contributed by atoms with Crippen LogP contribution in [0.1, 0.15) is 43.0 Å². The van der Waals surface area contributed by atoms with Gasteiger partial charge < -0.3 is 19.5 Å². The van der Waals surface area contributed by atoms with Gasteiger partial charge in [0.25, 0.3) is 0 Å². The molecule has 0 heterocycles. The molecule has 0 aromatic heterocycles. The predicted octanol–water partition coefficient (Wildman–Crippen LogP) is 5.34. The molecule has 0 fully saturated rings. The molecule has 33 heavy (non-hydrogen) atoms. The summed E-state index contributed by atoms with van der Waals surface area (Å²) in [5.41, 5.74) is 3.48. The van der Waals surface area contributed by atoms with Gasteiger partial charge in [-0.05, 0) is 35.2 Å². The van der Waals surface area contributed by atoms with Crippen molar-refractivity contribution in [2.45, 2.75) is 38.8 Å². The molecule has 1 atom stereocenters. The Morgan fingerprint density at radius 1 is 0.909 bits per heavy atom. The Kier molecular flexibility index (Phi) is 9.33. The number of carbonyl (C=O) groups excluding carboxylic acids is 1. The van der Waals surface area contributed by atoms with Crippen LogP contribution >= 0.6 is 0 Å². The Bertz CT molecular complexity index is 952. The molecule has 1 unspecified atom stereocenters. The quantitative estimate of drug-likeness (QED) is 0.380. The van der Waals surface area contributed by atoms with E-state index in [0.717, 1.165) is 24.0 Å². The van der Waals surface area contributed by atoms with Gasteiger partial charge >= 0.3 is 5.97 Å². The lowest BCUT2D eigenvalue weighted by atomic mass is 9.98. The third-order valence-corrected chi connectivity index (χ3v) is 5.34. The molecular formula is C28H33NO4. The first-order valence-corrected chi connectivity index (χ1v) is 11.4. The van der Waals surface area contributed by atoms with Crippen LogP contribution < -0.4 is 14.8 Å². The topological polar surface area (TPSA) is 56.8 Å². The second kappa shape index (κ2) is 12.7. The summed E-state index contributed by atoms with van der Waals surface area (Å²) in [6.07, 6.45) is 1.59. The summed E-state index contributed by atoms with van der Waals surface area (Å²) in [5.74, 6) is 0.978. The third kappa shape index (κ3) is 7.36. The van der Waals surface area contributed by atoms with Gasteiger partial charge in [-0.25, -0.2) is 0 Å². The molecule has 0 saturated carbocycles. The van der Waals surface area contributed by atoms with E-state index in [1.807, 2.05) is 54.6 Å². The molecule has 5 nitrogen and oxygen atoms in total. The van der Waals surface area contributed by atoms with E-state index in [2.05, 4.69) is 36.5 Å². The van der Waals surface area contributed by atoms with Crippen molar-refractivity contribution >= 4 is 5.97 Å². The van der Waals surface area contributed by atoms with E-state index in [4.69, 9.17) is 14.2 Å². The molecular weight excluding hydrogens is 414 g/mol. The highest BCUT2D eigenvalue weighted by Gasteiger charge is 2.19. The molecule has 0 aliphatic rings. The molecule has 5 heteroatoms. The van der Waals surface area contributed by atoms with Gasteiger partial charge in [0, 0.05) is 13.5 Å². The lowest BCUT2D eigenvalue weighted by Gasteiger charge is -2.24. The third-order valence-electron chi connectivity index (χ3n) is 5.34. The Morgan fingerprint density at radius 3 is 2.09 bits per heavy atom. The van der Waals surface area contributed by atoms with Crippen molar-refractivity contribution in [3.05, 3.63) is 95.6 Å². The van der Waals surface area contributed by atoms with Crippen molar-refractivity contribution in [1.82, 2.24) is 5.32 Å². The van der Waals surface area contributed by atoms with Gasteiger partial charge in [0.2, 0.25) is 0 Å². The second-order valence-electron chi connectivity index (χ2n) is 7.94. The fraction of sp³-hybridized carbons (Fsp3) is 0.321. The zero-order valence-corrected chi connectivity index (χ0v) is 19.6. The van der Waals surface area contributed by atoms with Gasteiger partial charge in [0.15, 0.2) is 11.5 Å². The smallest absolute Gasteiger partial charge is 0.303 e. The first kappa shape index (κ1) is 24.3. The van der Waals surface area contributed by atoms with Crippen LogP contribution in [-0.4, -0.2) is 32.3 Å². The van der Waals surface area contributed by atoms with E-state index in [9.17, 15) is 4.79 Å². The van der Waals surface area contributed by atoms with Crippen molar-refractivity contribution in [3.63, 3.8) is 0 Å². The maximum Gasteiger partial charge on any atom is 0.303 e. The lowest BCUT2D eigenvalue weighted by Crippen LogP contribution is -2.37.